The molecule has 550 valence electrons. The van der Waals surface area contributed by atoms with Gasteiger partial charge in [0.1, 0.15) is 0 Å². The Morgan fingerprint density at radius 3 is 1.10 bits per heavy atom. The summed E-state index contributed by atoms with van der Waals surface area (Å²) in [7, 11) is 3.57. The molecule has 0 radical (unpaired) electrons. The van der Waals surface area contributed by atoms with E-state index in [-0.39, 0.29) is 18.4 Å². The lowest BCUT2D eigenvalue weighted by atomic mass is 9.90. The highest BCUT2D eigenvalue weighted by Gasteiger charge is 2.21. The molecule has 0 spiro atoms. The first-order valence-corrected chi connectivity index (χ1v) is 38.4. The van der Waals surface area contributed by atoms with Gasteiger partial charge in [-0.2, -0.15) is 0 Å². The number of hydrogen-bond acceptors (Lipinski definition) is 4. The van der Waals surface area contributed by atoms with E-state index in [0.717, 1.165) is 71.2 Å². The number of aliphatic hydroxyl groups excluding tert-OH is 1. The lowest BCUT2D eigenvalue weighted by Gasteiger charge is -2.22. The summed E-state index contributed by atoms with van der Waals surface area (Å²) in [6, 6.07) is 98.3. The number of nitrogens with one attached hydrogen (secondary N) is 1. The van der Waals surface area contributed by atoms with Gasteiger partial charge in [0.05, 0.1) is 12.2 Å². The Kier molecular flexibility index (Phi) is 35.4. The van der Waals surface area contributed by atoms with Gasteiger partial charge in [0, 0.05) is 30.9 Å². The molecule has 0 saturated heterocycles. The highest BCUT2D eigenvalue weighted by Crippen LogP contribution is 2.32. The Labute approximate surface area is 632 Å². The summed E-state index contributed by atoms with van der Waals surface area (Å²) in [5, 5.41) is 22.1. The molecule has 0 heterocycles. The van der Waals surface area contributed by atoms with Gasteiger partial charge in [-0.3, -0.25) is 9.59 Å². The number of rotatable bonds is 22. The number of hydrogen-bond donors (Lipinski definition) is 3. The maximum Gasteiger partial charge on any atom is 0.255 e. The van der Waals surface area contributed by atoms with Crippen molar-refractivity contribution in [2.45, 2.75) is 190 Å². The summed E-state index contributed by atoms with van der Waals surface area (Å²) in [6.07, 6.45) is 7.46. The number of amides is 2. The van der Waals surface area contributed by atoms with Gasteiger partial charge in [0.15, 0.2) is 0 Å². The largest absolute Gasteiger partial charge is 0.392 e. The summed E-state index contributed by atoms with van der Waals surface area (Å²) < 4.78 is 0. The van der Waals surface area contributed by atoms with Crippen LogP contribution in [0.2, 0.25) is 0 Å². The third-order valence-corrected chi connectivity index (χ3v) is 20.7. The Hall–Kier alpha value is -9.72. The van der Waals surface area contributed by atoms with E-state index in [4.69, 9.17) is 5.11 Å². The van der Waals surface area contributed by atoms with E-state index in [1.165, 1.54) is 79.6 Å². The number of aliphatic hydroxyl groups is 2. The maximum atomic E-state index is 12.3. The molecule has 11 aromatic carbocycles. The van der Waals surface area contributed by atoms with Crippen molar-refractivity contribution >= 4 is 17.5 Å². The van der Waals surface area contributed by atoms with Crippen LogP contribution in [0, 0.1) is 0 Å². The standard InChI is InChI=1S/2C22H22.C17H19NO.C14H22O.C13H19NO.C11H16O/c1-3-17(2)21-10-7-11-22(16-21)20-14-12-19(13-15-20)18-8-5-4-6-9-18;1-3-17(2)18-9-11-21(12-10-18)22-15-13-20(14-16-22)19-7-5-4-6-8-19;1-3-13(2)15-11-7-8-12-16(15)17(19)18-14-9-5-4-6-10-14;1-5-11(3)12-7-9-13(10-8-12)14(4,15)6-2;1-5-10(2)11-8-6-7-9-12(11)13(15)14(3)4;1-3-9(2)11-7-5-4-6-10(11)8-12/h2*4-17H,3H2,1-2H3;4-13H,3H2,1-2H3,(H,18,19);7-11,15H,5-6H2,1-4H3;6-10H,5H2,1-4H3;4-7,9,12H,3,8H2,1-2H3. The zero-order chi connectivity index (χ0) is 76.3. The molecule has 6 nitrogen and oxygen atoms in total. The van der Waals surface area contributed by atoms with Crippen LogP contribution in [0.4, 0.5) is 5.69 Å². The molecule has 0 saturated carbocycles. The van der Waals surface area contributed by atoms with Gasteiger partial charge in [0.2, 0.25) is 0 Å². The maximum absolute atomic E-state index is 12.3. The smallest absolute Gasteiger partial charge is 0.255 e. The summed E-state index contributed by atoms with van der Waals surface area (Å²) >= 11 is 0. The Morgan fingerprint density at radius 2 is 0.676 bits per heavy atom. The van der Waals surface area contributed by atoms with Gasteiger partial charge in [-0.25, -0.2) is 0 Å². The van der Waals surface area contributed by atoms with E-state index in [9.17, 15) is 14.7 Å². The second kappa shape index (κ2) is 44.2. The molecule has 11 rings (SSSR count). The number of nitrogens with zero attached hydrogens (tertiary/aromatic N) is 1. The first kappa shape index (κ1) is 84.2. The van der Waals surface area contributed by atoms with Crippen molar-refractivity contribution in [3.8, 4) is 44.5 Å². The summed E-state index contributed by atoms with van der Waals surface area (Å²) in [5.41, 5.74) is 21.8. The zero-order valence-electron chi connectivity index (χ0n) is 65.9. The molecule has 11 aromatic rings. The molecule has 0 aliphatic heterocycles. The number of anilines is 1. The number of carbonyl (C=O) groups excluding carboxylic acids is 2. The molecular weight excluding hydrogens is 1280 g/mol. The van der Waals surface area contributed by atoms with E-state index in [2.05, 4.69) is 264 Å². The number of benzene rings is 11. The topological polar surface area (TPSA) is 89.9 Å². The van der Waals surface area contributed by atoms with E-state index < -0.39 is 5.60 Å². The van der Waals surface area contributed by atoms with Crippen molar-refractivity contribution in [2.24, 2.45) is 0 Å². The molecular formula is C99H120N2O4. The van der Waals surface area contributed by atoms with Crippen molar-refractivity contribution < 1.29 is 19.8 Å². The van der Waals surface area contributed by atoms with Gasteiger partial charge < -0.3 is 20.4 Å². The Balaban J connectivity index is 0.000000200. The second-order valence-corrected chi connectivity index (χ2v) is 28.3. The first-order chi connectivity index (χ1) is 50.6. The molecule has 0 aromatic heterocycles. The summed E-state index contributed by atoms with van der Waals surface area (Å²) in [5.74, 6) is 3.27. The number of para-hydroxylation sites is 1. The third-order valence-electron chi connectivity index (χ3n) is 20.7. The SMILES string of the molecule is CCC(C)c1ccc(-c2ccc(-c3ccccc3)cc2)cc1.CCC(C)c1ccc(C(C)(O)CC)cc1.CCC(C)c1cccc(-c2ccc(-c3ccccc3)cc2)c1.CCC(C)c1ccccc1C(=O)N(C)C.CCC(C)c1ccccc1C(=O)Nc1ccccc1.CCC(C)c1ccccc1CO. The summed E-state index contributed by atoms with van der Waals surface area (Å²) in [4.78, 5) is 25.9. The fourth-order valence-corrected chi connectivity index (χ4v) is 12.1. The van der Waals surface area contributed by atoms with Crippen LogP contribution in [-0.2, 0) is 12.2 Å². The molecule has 0 aliphatic rings. The van der Waals surface area contributed by atoms with Crippen LogP contribution < -0.4 is 5.32 Å². The molecule has 0 fully saturated rings. The van der Waals surface area contributed by atoms with Crippen molar-refractivity contribution in [2.75, 3.05) is 19.4 Å². The molecule has 7 atom stereocenters. The predicted molar refractivity (Wildman–Crippen MR) is 451 cm³/mol. The van der Waals surface area contributed by atoms with Crippen LogP contribution in [0.15, 0.2) is 285 Å². The lowest BCUT2D eigenvalue weighted by molar-refractivity contribution is 0.0530. The minimum absolute atomic E-state index is 0.0397. The van der Waals surface area contributed by atoms with Crippen LogP contribution >= 0.6 is 0 Å². The Morgan fingerprint density at radius 1 is 0.352 bits per heavy atom. The lowest BCUT2D eigenvalue weighted by Crippen LogP contribution is -2.23. The first-order valence-electron chi connectivity index (χ1n) is 38.4. The molecule has 0 bridgehead atoms. The predicted octanol–water partition coefficient (Wildman–Crippen LogP) is 26.9. The van der Waals surface area contributed by atoms with Crippen LogP contribution in [-0.4, -0.2) is 41.0 Å². The van der Waals surface area contributed by atoms with Crippen LogP contribution in [0.3, 0.4) is 0 Å². The fraction of sp³-hybridized carbons (Fsp3) is 0.313. The molecule has 7 unspecified atom stereocenters. The van der Waals surface area contributed by atoms with Crippen LogP contribution in [0.1, 0.15) is 243 Å². The van der Waals surface area contributed by atoms with E-state index in [0.29, 0.717) is 35.5 Å². The highest BCUT2D eigenvalue weighted by atomic mass is 16.3. The molecule has 0 aliphatic carbocycles. The van der Waals surface area contributed by atoms with Gasteiger partial charge in [-0.1, -0.05) is 351 Å². The van der Waals surface area contributed by atoms with Gasteiger partial charge >= 0.3 is 0 Å². The van der Waals surface area contributed by atoms with Crippen molar-refractivity contribution in [3.05, 3.63) is 341 Å². The molecule has 6 heteroatoms. The molecule has 3 N–H and O–H groups in total. The van der Waals surface area contributed by atoms with E-state index >= 15 is 0 Å². The minimum atomic E-state index is -0.687. The summed E-state index contributed by atoms with van der Waals surface area (Å²) in [6.45, 7) is 30.4. The van der Waals surface area contributed by atoms with Crippen LogP contribution in [0.25, 0.3) is 44.5 Å². The monoisotopic (exact) mass is 1400 g/mol. The average Bonchev–Trinajstić information content (AvgIpc) is 0.906. The van der Waals surface area contributed by atoms with Gasteiger partial charge in [0.25, 0.3) is 11.8 Å². The third kappa shape index (κ3) is 25.8. The van der Waals surface area contributed by atoms with Crippen molar-refractivity contribution in [3.63, 3.8) is 0 Å². The average molecular weight is 1400 g/mol. The quantitative estimate of drug-likeness (QED) is 0.0631. The van der Waals surface area contributed by atoms with E-state index in [1.807, 2.05) is 123 Å². The second-order valence-electron chi connectivity index (χ2n) is 28.3. The highest BCUT2D eigenvalue weighted by molar-refractivity contribution is 6.05. The van der Waals surface area contributed by atoms with Crippen molar-refractivity contribution in [1.82, 2.24) is 4.90 Å². The van der Waals surface area contributed by atoms with Gasteiger partial charge in [-0.05, 0) is 201 Å². The van der Waals surface area contributed by atoms with Gasteiger partial charge in [-0.15, -0.1) is 0 Å². The molecule has 105 heavy (non-hydrogen) atoms. The minimum Gasteiger partial charge on any atom is -0.392 e. The zero-order valence-corrected chi connectivity index (χ0v) is 65.9. The Bertz CT molecular complexity index is 4260. The van der Waals surface area contributed by atoms with E-state index in [1.54, 1.807) is 19.0 Å². The normalized spacial score (nSPS) is 12.9. The van der Waals surface area contributed by atoms with Crippen molar-refractivity contribution in [1.29, 1.82) is 0 Å². The van der Waals surface area contributed by atoms with Crippen LogP contribution in [0.5, 0.6) is 0 Å². The number of carbonyl (C=O) groups is 2. The molecule has 2 amide bonds. The fourth-order valence-electron chi connectivity index (χ4n) is 12.1.